The molecule has 1 heterocycles. The Morgan fingerprint density at radius 2 is 1.94 bits per heavy atom. The summed E-state index contributed by atoms with van der Waals surface area (Å²) in [6.07, 6.45) is 1.53. The van der Waals surface area contributed by atoms with Crippen LogP contribution in [-0.4, -0.2) is 45.9 Å². The zero-order chi connectivity index (χ0) is 22.2. The summed E-state index contributed by atoms with van der Waals surface area (Å²) >= 11 is 0. The van der Waals surface area contributed by atoms with Gasteiger partial charge in [-0.3, -0.25) is 9.59 Å². The second-order valence-electron chi connectivity index (χ2n) is 8.36. The number of rotatable bonds is 6. The third-order valence-corrected chi connectivity index (χ3v) is 6.20. The van der Waals surface area contributed by atoms with Crippen LogP contribution in [0.15, 0.2) is 28.8 Å². The Morgan fingerprint density at radius 1 is 1.19 bits per heavy atom. The Kier molecular flexibility index (Phi) is 5.42. The number of fused-ring (bicyclic) bond motifs is 3. The summed E-state index contributed by atoms with van der Waals surface area (Å²) in [5.41, 5.74) is -0.794. The number of aliphatic hydroxyl groups is 1. The molecule has 1 unspecified atom stereocenters. The Morgan fingerprint density at radius 3 is 2.55 bits per heavy atom. The number of nitrogens with zero attached hydrogens (tertiary/aromatic N) is 1. The monoisotopic (exact) mass is 435 g/mol. The molecule has 2 amide bonds. The normalized spacial score (nSPS) is 27.0. The molecule has 2 bridgehead atoms. The third-order valence-electron chi connectivity index (χ3n) is 6.20. The van der Waals surface area contributed by atoms with Gasteiger partial charge in [-0.1, -0.05) is 5.16 Å². The summed E-state index contributed by atoms with van der Waals surface area (Å²) in [7, 11) is 0. The van der Waals surface area contributed by atoms with Crippen LogP contribution >= 0.6 is 0 Å². The van der Waals surface area contributed by atoms with Crippen molar-refractivity contribution in [3.63, 3.8) is 0 Å². The molecule has 3 saturated carbocycles. The van der Waals surface area contributed by atoms with Gasteiger partial charge in [-0.2, -0.15) is 0 Å². The van der Waals surface area contributed by atoms with Gasteiger partial charge < -0.3 is 25.0 Å². The minimum atomic E-state index is -1.06. The van der Waals surface area contributed by atoms with Gasteiger partial charge in [-0.25, -0.2) is 8.78 Å². The van der Waals surface area contributed by atoms with E-state index in [0.717, 1.165) is 12.1 Å². The first kappa shape index (κ1) is 21.2. The molecule has 0 radical (unpaired) electrons. The number of carbonyl (C=O) groups is 2. The van der Waals surface area contributed by atoms with Crippen LogP contribution < -0.4 is 15.4 Å². The van der Waals surface area contributed by atoms with E-state index in [9.17, 15) is 23.5 Å². The third kappa shape index (κ3) is 4.25. The molecule has 3 aliphatic carbocycles. The number of nitrogens with one attached hydrogen (secondary N) is 2. The van der Waals surface area contributed by atoms with Gasteiger partial charge in [0.1, 0.15) is 5.75 Å². The average molecular weight is 435 g/mol. The molecule has 31 heavy (non-hydrogen) atoms. The highest BCUT2D eigenvalue weighted by molar-refractivity contribution is 5.92. The maximum atomic E-state index is 13.3. The van der Waals surface area contributed by atoms with Crippen LogP contribution in [0.1, 0.15) is 48.4 Å². The molecule has 1 aromatic heterocycles. The summed E-state index contributed by atoms with van der Waals surface area (Å²) < 4.78 is 36.5. The summed E-state index contributed by atoms with van der Waals surface area (Å²) in [5, 5.41) is 20.3. The maximum Gasteiger partial charge on any atom is 0.290 e. The van der Waals surface area contributed by atoms with E-state index < -0.39 is 41.3 Å². The number of aromatic nitrogens is 1. The average Bonchev–Trinajstić information content (AvgIpc) is 3.17. The summed E-state index contributed by atoms with van der Waals surface area (Å²) in [6, 6.07) is 4.56. The first-order valence-electron chi connectivity index (χ1n) is 10.0. The number of halogens is 2. The maximum absolute atomic E-state index is 13.3. The van der Waals surface area contributed by atoms with E-state index in [0.29, 0.717) is 31.4 Å². The zero-order valence-corrected chi connectivity index (χ0v) is 16.9. The van der Waals surface area contributed by atoms with Crippen molar-refractivity contribution in [2.45, 2.75) is 56.2 Å². The van der Waals surface area contributed by atoms with Crippen LogP contribution in [0.3, 0.4) is 0 Å². The topological polar surface area (TPSA) is 114 Å². The molecular weight excluding hydrogens is 412 g/mol. The molecule has 2 aromatic rings. The number of ether oxygens (including phenoxy) is 1. The van der Waals surface area contributed by atoms with Gasteiger partial charge in [-0.05, 0) is 51.2 Å². The SMILES string of the molecule is Cc1cc(C(=O)NC23CCC(NC(=O)COc4ccc(F)c(F)c4)(CC2)C(O)C3)on1. The lowest BCUT2D eigenvalue weighted by atomic mass is 9.60. The molecule has 10 heteroatoms. The smallest absolute Gasteiger partial charge is 0.290 e. The minimum absolute atomic E-state index is 0.0313. The highest BCUT2D eigenvalue weighted by Gasteiger charge is 2.55. The van der Waals surface area contributed by atoms with E-state index in [4.69, 9.17) is 9.26 Å². The highest BCUT2D eigenvalue weighted by Crippen LogP contribution is 2.47. The predicted molar refractivity (Wildman–Crippen MR) is 103 cm³/mol. The van der Waals surface area contributed by atoms with Crippen molar-refractivity contribution in [1.82, 2.24) is 15.8 Å². The number of hydrogen-bond acceptors (Lipinski definition) is 6. The molecule has 3 aliphatic rings. The number of aliphatic hydroxyl groups excluding tert-OH is 1. The molecule has 5 rings (SSSR count). The Labute approximate surface area is 176 Å². The zero-order valence-electron chi connectivity index (χ0n) is 16.9. The quantitative estimate of drug-likeness (QED) is 0.640. The molecule has 1 atom stereocenters. The van der Waals surface area contributed by atoms with Crippen LogP contribution in [0.25, 0.3) is 0 Å². The molecule has 8 nitrogen and oxygen atoms in total. The minimum Gasteiger partial charge on any atom is -0.484 e. The first-order valence-corrected chi connectivity index (χ1v) is 10.0. The molecule has 1 aromatic carbocycles. The Hall–Kier alpha value is -3.01. The van der Waals surface area contributed by atoms with Gasteiger partial charge in [0.05, 0.1) is 17.3 Å². The van der Waals surface area contributed by atoms with Crippen molar-refractivity contribution in [2.24, 2.45) is 0 Å². The first-order chi connectivity index (χ1) is 14.7. The Bertz CT molecular complexity index is 1000. The lowest BCUT2D eigenvalue weighted by Gasteiger charge is -2.56. The molecule has 3 fully saturated rings. The fourth-order valence-corrected chi connectivity index (χ4v) is 4.46. The van der Waals surface area contributed by atoms with Gasteiger partial charge in [0.2, 0.25) is 5.76 Å². The van der Waals surface area contributed by atoms with E-state index in [2.05, 4.69) is 15.8 Å². The number of hydrogen-bond donors (Lipinski definition) is 3. The van der Waals surface area contributed by atoms with Crippen LogP contribution in [-0.2, 0) is 4.79 Å². The molecule has 166 valence electrons. The molecule has 0 spiro atoms. The van der Waals surface area contributed by atoms with Gasteiger partial charge >= 0.3 is 0 Å². The largest absolute Gasteiger partial charge is 0.484 e. The molecule has 0 saturated heterocycles. The number of benzene rings is 1. The number of aryl methyl sites for hydroxylation is 1. The summed E-state index contributed by atoms with van der Waals surface area (Å²) in [4.78, 5) is 24.9. The fourth-order valence-electron chi connectivity index (χ4n) is 4.46. The highest BCUT2D eigenvalue weighted by atomic mass is 19.2. The van der Waals surface area contributed by atoms with Crippen molar-refractivity contribution in [3.05, 3.63) is 47.4 Å². The fraction of sp³-hybridized carbons (Fsp3) is 0.476. The van der Waals surface area contributed by atoms with Gasteiger partial charge in [0.25, 0.3) is 11.8 Å². The number of carbonyl (C=O) groups excluding carboxylic acids is 2. The van der Waals surface area contributed by atoms with E-state index in [1.807, 2.05) is 0 Å². The number of amides is 2. The lowest BCUT2D eigenvalue weighted by Crippen LogP contribution is -2.70. The van der Waals surface area contributed by atoms with Crippen LogP contribution in [0.4, 0.5) is 8.78 Å². The molecule has 0 aliphatic heterocycles. The Balaban J connectivity index is 1.34. The van der Waals surface area contributed by atoms with E-state index in [-0.39, 0.29) is 23.8 Å². The van der Waals surface area contributed by atoms with Gasteiger partial charge in [0.15, 0.2) is 18.2 Å². The van der Waals surface area contributed by atoms with Gasteiger partial charge in [0, 0.05) is 17.7 Å². The van der Waals surface area contributed by atoms with E-state index in [1.165, 1.54) is 6.07 Å². The lowest BCUT2D eigenvalue weighted by molar-refractivity contribution is -0.132. The van der Waals surface area contributed by atoms with Crippen LogP contribution in [0.2, 0.25) is 0 Å². The standard InChI is InChI=1S/C21H23F2N3O5/c1-12-8-16(31-26-12)19(29)25-20-4-6-21(7-5-20,17(27)10-20)24-18(28)11-30-13-2-3-14(22)15(23)9-13/h2-3,8-9,17,27H,4-7,10-11H2,1H3,(H,24,28)(H,25,29). The van der Waals surface area contributed by atoms with Crippen molar-refractivity contribution >= 4 is 11.8 Å². The van der Waals surface area contributed by atoms with E-state index >= 15 is 0 Å². The second-order valence-corrected chi connectivity index (χ2v) is 8.36. The van der Waals surface area contributed by atoms with Crippen molar-refractivity contribution in [3.8, 4) is 5.75 Å². The molecular formula is C21H23F2N3O5. The summed E-state index contributed by atoms with van der Waals surface area (Å²) in [5.74, 6) is -2.77. The summed E-state index contributed by atoms with van der Waals surface area (Å²) in [6.45, 7) is 1.32. The molecule has 3 N–H and O–H groups in total. The van der Waals surface area contributed by atoms with Crippen LogP contribution in [0.5, 0.6) is 5.75 Å². The second kappa shape index (κ2) is 7.92. The van der Waals surface area contributed by atoms with Crippen molar-refractivity contribution in [2.75, 3.05) is 6.61 Å². The van der Waals surface area contributed by atoms with Gasteiger partial charge in [-0.15, -0.1) is 0 Å². The predicted octanol–water partition coefficient (Wildman–Crippen LogP) is 2.00. The van der Waals surface area contributed by atoms with Crippen LogP contribution in [0, 0.1) is 18.6 Å². The van der Waals surface area contributed by atoms with E-state index in [1.54, 1.807) is 13.0 Å². The van der Waals surface area contributed by atoms with Crippen molar-refractivity contribution < 1.29 is 32.7 Å². The van der Waals surface area contributed by atoms with Crippen molar-refractivity contribution in [1.29, 1.82) is 0 Å².